The van der Waals surface area contributed by atoms with Gasteiger partial charge in [-0.1, -0.05) is 6.92 Å². The van der Waals surface area contributed by atoms with Crippen LogP contribution >= 0.6 is 12.4 Å². The van der Waals surface area contributed by atoms with Gasteiger partial charge in [0.25, 0.3) is 0 Å². The summed E-state index contributed by atoms with van der Waals surface area (Å²) in [6, 6.07) is 0. The minimum absolute atomic E-state index is 0. The number of Topliss-reactive ketones (excluding diaryl/α,β-unsaturated/α-hetero) is 1. The number of nitrogens with zero attached hydrogens (tertiary/aromatic N) is 2. The van der Waals surface area contributed by atoms with Crippen molar-refractivity contribution in [1.82, 2.24) is 9.55 Å². The first kappa shape index (κ1) is 11.2. The van der Waals surface area contributed by atoms with Gasteiger partial charge >= 0.3 is 0 Å². The van der Waals surface area contributed by atoms with Crippen molar-refractivity contribution in [3.05, 3.63) is 18.2 Å². The van der Waals surface area contributed by atoms with Crippen molar-refractivity contribution in [2.75, 3.05) is 0 Å². The lowest BCUT2D eigenvalue weighted by Crippen LogP contribution is -2.08. The fourth-order valence-electron chi connectivity index (χ4n) is 1.04. The molecule has 0 spiro atoms. The highest BCUT2D eigenvalue weighted by molar-refractivity contribution is 5.85. The van der Waals surface area contributed by atoms with Crippen LogP contribution in [-0.2, 0) is 17.8 Å². The third-order valence-electron chi connectivity index (χ3n) is 1.51. The predicted octanol–water partition coefficient (Wildman–Crippen LogP) is 1.46. The number of carbonyl (C=O) groups excluding carboxylic acids is 1. The number of hydrogen-bond donors (Lipinski definition) is 0. The highest BCUT2D eigenvalue weighted by Crippen LogP contribution is 1.97. The molecular weight excluding hydrogens is 176 g/mol. The topological polar surface area (TPSA) is 34.9 Å². The minimum atomic E-state index is 0. The van der Waals surface area contributed by atoms with Gasteiger partial charge < -0.3 is 4.57 Å². The third-order valence-corrected chi connectivity index (χ3v) is 1.51. The normalized spacial score (nSPS) is 9.17. The van der Waals surface area contributed by atoms with E-state index in [0.29, 0.717) is 6.54 Å². The first-order valence-electron chi connectivity index (χ1n) is 3.73. The number of aryl methyl sites for hydroxylation is 1. The summed E-state index contributed by atoms with van der Waals surface area (Å²) in [4.78, 5) is 14.8. The van der Waals surface area contributed by atoms with E-state index in [4.69, 9.17) is 0 Å². The van der Waals surface area contributed by atoms with Crippen molar-refractivity contribution in [2.45, 2.75) is 26.8 Å². The molecule has 0 saturated carbocycles. The fraction of sp³-hybridized carbons (Fsp3) is 0.500. The molecule has 0 aliphatic heterocycles. The van der Waals surface area contributed by atoms with Crippen LogP contribution in [-0.4, -0.2) is 15.3 Å². The molecule has 1 aromatic rings. The Kier molecular flexibility index (Phi) is 4.59. The Labute approximate surface area is 78.2 Å². The Bertz CT molecular complexity index is 257. The Morgan fingerprint density at radius 3 is 2.83 bits per heavy atom. The third kappa shape index (κ3) is 2.66. The molecule has 0 unspecified atom stereocenters. The summed E-state index contributed by atoms with van der Waals surface area (Å²) in [5.74, 6) is 1.14. The molecule has 3 nitrogen and oxygen atoms in total. The number of rotatable bonds is 3. The van der Waals surface area contributed by atoms with E-state index < -0.39 is 0 Å². The first-order chi connectivity index (χ1) is 5.24. The Balaban J connectivity index is 0.00000121. The summed E-state index contributed by atoms with van der Waals surface area (Å²) >= 11 is 0. The van der Waals surface area contributed by atoms with Gasteiger partial charge in [-0.25, -0.2) is 4.98 Å². The van der Waals surface area contributed by atoms with Crippen molar-refractivity contribution >= 4 is 18.2 Å². The standard InChI is InChI=1S/C8H12N2O.ClH/c1-3-8-9-4-5-10(8)6-7(2)11;/h4-5H,3,6H2,1-2H3;1H. The highest BCUT2D eigenvalue weighted by Gasteiger charge is 2.00. The molecule has 0 atom stereocenters. The smallest absolute Gasteiger partial charge is 0.149 e. The van der Waals surface area contributed by atoms with Gasteiger partial charge in [-0.15, -0.1) is 12.4 Å². The van der Waals surface area contributed by atoms with Crippen LogP contribution in [0.15, 0.2) is 12.4 Å². The molecule has 4 heteroatoms. The SMILES string of the molecule is CCc1nccn1CC(C)=O.Cl. The lowest BCUT2D eigenvalue weighted by molar-refractivity contribution is -0.117. The monoisotopic (exact) mass is 188 g/mol. The fourth-order valence-corrected chi connectivity index (χ4v) is 1.04. The summed E-state index contributed by atoms with van der Waals surface area (Å²) in [6.45, 7) is 4.06. The lowest BCUT2D eigenvalue weighted by atomic mass is 10.4. The molecule has 0 aliphatic carbocycles. The quantitative estimate of drug-likeness (QED) is 0.720. The predicted molar refractivity (Wildman–Crippen MR) is 49.5 cm³/mol. The number of ketones is 1. The van der Waals surface area contributed by atoms with Gasteiger partial charge in [0.2, 0.25) is 0 Å². The van der Waals surface area contributed by atoms with Gasteiger partial charge in [0.15, 0.2) is 0 Å². The second kappa shape index (κ2) is 4.93. The van der Waals surface area contributed by atoms with Gasteiger partial charge in [-0.3, -0.25) is 4.79 Å². The maximum atomic E-state index is 10.7. The van der Waals surface area contributed by atoms with Crippen LogP contribution in [0.2, 0.25) is 0 Å². The second-order valence-corrected chi connectivity index (χ2v) is 2.53. The van der Waals surface area contributed by atoms with Crippen molar-refractivity contribution in [3.8, 4) is 0 Å². The maximum Gasteiger partial charge on any atom is 0.149 e. The molecule has 12 heavy (non-hydrogen) atoms. The largest absolute Gasteiger partial charge is 0.328 e. The van der Waals surface area contributed by atoms with Gasteiger partial charge in [0, 0.05) is 18.8 Å². The van der Waals surface area contributed by atoms with E-state index >= 15 is 0 Å². The number of imidazole rings is 1. The highest BCUT2D eigenvalue weighted by atomic mass is 35.5. The van der Waals surface area contributed by atoms with Gasteiger partial charge in [0.1, 0.15) is 11.6 Å². The molecule has 0 aliphatic rings. The van der Waals surface area contributed by atoms with E-state index in [1.807, 2.05) is 17.7 Å². The van der Waals surface area contributed by atoms with Crippen LogP contribution in [0.1, 0.15) is 19.7 Å². The summed E-state index contributed by atoms with van der Waals surface area (Å²) in [5, 5.41) is 0. The van der Waals surface area contributed by atoms with Crippen molar-refractivity contribution in [1.29, 1.82) is 0 Å². The second-order valence-electron chi connectivity index (χ2n) is 2.53. The molecule has 1 rings (SSSR count). The van der Waals surface area contributed by atoms with Crippen LogP contribution in [0, 0.1) is 0 Å². The Hall–Kier alpha value is -0.830. The summed E-state index contributed by atoms with van der Waals surface area (Å²) in [7, 11) is 0. The molecule has 1 aromatic heterocycles. The van der Waals surface area contributed by atoms with E-state index in [2.05, 4.69) is 4.98 Å². The molecule has 0 fully saturated rings. The minimum Gasteiger partial charge on any atom is -0.328 e. The number of hydrogen-bond acceptors (Lipinski definition) is 2. The van der Waals surface area contributed by atoms with Gasteiger partial charge in [-0.2, -0.15) is 0 Å². The average molecular weight is 189 g/mol. The van der Waals surface area contributed by atoms with Crippen molar-refractivity contribution in [2.24, 2.45) is 0 Å². The van der Waals surface area contributed by atoms with Crippen molar-refractivity contribution in [3.63, 3.8) is 0 Å². The van der Waals surface area contributed by atoms with Gasteiger partial charge in [-0.05, 0) is 6.92 Å². The number of aromatic nitrogens is 2. The lowest BCUT2D eigenvalue weighted by Gasteiger charge is -2.01. The van der Waals surface area contributed by atoms with Crippen LogP contribution in [0.5, 0.6) is 0 Å². The zero-order valence-electron chi connectivity index (χ0n) is 7.28. The van der Waals surface area contributed by atoms with Crippen LogP contribution < -0.4 is 0 Å². The molecule has 0 saturated heterocycles. The molecule has 0 N–H and O–H groups in total. The summed E-state index contributed by atoms with van der Waals surface area (Å²) in [5.41, 5.74) is 0. The van der Waals surface area contributed by atoms with E-state index in [0.717, 1.165) is 12.2 Å². The molecule has 0 amide bonds. The molecule has 0 aromatic carbocycles. The molecule has 1 heterocycles. The van der Waals surface area contributed by atoms with E-state index in [1.165, 1.54) is 0 Å². The Morgan fingerprint density at radius 2 is 2.33 bits per heavy atom. The molecule has 68 valence electrons. The van der Waals surface area contributed by atoms with E-state index in [1.54, 1.807) is 13.1 Å². The van der Waals surface area contributed by atoms with Crippen molar-refractivity contribution < 1.29 is 4.79 Å². The maximum absolute atomic E-state index is 10.7. The molecule has 0 radical (unpaired) electrons. The zero-order chi connectivity index (χ0) is 8.27. The molecular formula is C8H13ClN2O. The van der Waals surface area contributed by atoms with Crippen LogP contribution in [0.4, 0.5) is 0 Å². The van der Waals surface area contributed by atoms with Crippen LogP contribution in [0.25, 0.3) is 0 Å². The summed E-state index contributed by atoms with van der Waals surface area (Å²) in [6.07, 6.45) is 4.43. The van der Waals surface area contributed by atoms with E-state index in [9.17, 15) is 4.79 Å². The summed E-state index contributed by atoms with van der Waals surface area (Å²) < 4.78 is 1.88. The number of carbonyl (C=O) groups is 1. The molecule has 0 bridgehead atoms. The van der Waals surface area contributed by atoms with E-state index in [-0.39, 0.29) is 18.2 Å². The van der Waals surface area contributed by atoms with Crippen LogP contribution in [0.3, 0.4) is 0 Å². The zero-order valence-corrected chi connectivity index (χ0v) is 8.10. The Morgan fingerprint density at radius 1 is 1.67 bits per heavy atom. The first-order valence-corrected chi connectivity index (χ1v) is 3.73. The van der Waals surface area contributed by atoms with Gasteiger partial charge in [0.05, 0.1) is 6.54 Å². The number of halogens is 1. The average Bonchev–Trinajstić information content (AvgIpc) is 2.34.